The number of pyridine rings is 1. The van der Waals surface area contributed by atoms with Gasteiger partial charge in [-0.05, 0) is 51.8 Å². The first-order valence-electron chi connectivity index (χ1n) is 7.10. The molecule has 0 aliphatic rings. The second-order valence-electron chi connectivity index (χ2n) is 6.28. The Balaban J connectivity index is 2.25. The number of para-hydroxylation sites is 1. The number of aromatic nitrogens is 1. The van der Waals surface area contributed by atoms with E-state index < -0.39 is 11.6 Å². The molecular formula is C17H22N2O2. The predicted molar refractivity (Wildman–Crippen MR) is 84.0 cm³/mol. The Labute approximate surface area is 125 Å². The number of aryl methyl sites for hydroxylation is 1. The molecule has 2 N–H and O–H groups in total. The summed E-state index contributed by atoms with van der Waals surface area (Å²) in [5.41, 5.74) is 8.34. The highest BCUT2D eigenvalue weighted by Crippen LogP contribution is 2.20. The van der Waals surface area contributed by atoms with Gasteiger partial charge >= 0.3 is 5.97 Å². The van der Waals surface area contributed by atoms with Crippen LogP contribution in [-0.4, -0.2) is 22.6 Å². The minimum atomic E-state index is -0.672. The lowest BCUT2D eigenvalue weighted by Crippen LogP contribution is -2.38. The van der Waals surface area contributed by atoms with Gasteiger partial charge in [0.25, 0.3) is 0 Å². The molecule has 1 atom stereocenters. The van der Waals surface area contributed by atoms with E-state index in [1.54, 1.807) is 0 Å². The highest BCUT2D eigenvalue weighted by atomic mass is 16.6. The molecule has 4 heteroatoms. The van der Waals surface area contributed by atoms with E-state index in [0.717, 1.165) is 22.2 Å². The Morgan fingerprint density at radius 3 is 2.67 bits per heavy atom. The Kier molecular flexibility index (Phi) is 4.28. The van der Waals surface area contributed by atoms with E-state index in [0.29, 0.717) is 6.42 Å². The first-order valence-corrected chi connectivity index (χ1v) is 7.10. The second kappa shape index (κ2) is 5.82. The van der Waals surface area contributed by atoms with Crippen molar-refractivity contribution in [3.05, 3.63) is 41.6 Å². The van der Waals surface area contributed by atoms with E-state index in [4.69, 9.17) is 10.5 Å². The lowest BCUT2D eigenvalue weighted by Gasteiger charge is -2.22. The number of ether oxygens (including phenoxy) is 1. The maximum atomic E-state index is 12.0. The summed E-state index contributed by atoms with van der Waals surface area (Å²) in [5, 5.41) is 1.03. The van der Waals surface area contributed by atoms with Gasteiger partial charge < -0.3 is 10.5 Å². The van der Waals surface area contributed by atoms with Gasteiger partial charge in [-0.3, -0.25) is 9.78 Å². The minimum Gasteiger partial charge on any atom is -0.459 e. The number of nitrogens with zero attached hydrogens (tertiary/aromatic N) is 1. The Hall–Kier alpha value is -1.94. The molecule has 4 nitrogen and oxygen atoms in total. The van der Waals surface area contributed by atoms with Gasteiger partial charge in [-0.1, -0.05) is 18.2 Å². The molecule has 1 aromatic heterocycles. The largest absolute Gasteiger partial charge is 0.459 e. The molecule has 0 saturated heterocycles. The summed E-state index contributed by atoms with van der Waals surface area (Å²) in [6.45, 7) is 7.45. The molecular weight excluding hydrogens is 264 g/mol. The molecule has 112 valence electrons. The van der Waals surface area contributed by atoms with Gasteiger partial charge in [0.2, 0.25) is 0 Å². The van der Waals surface area contributed by atoms with Crippen LogP contribution in [0.4, 0.5) is 0 Å². The zero-order valence-electron chi connectivity index (χ0n) is 13.0. The van der Waals surface area contributed by atoms with Crippen LogP contribution in [0, 0.1) is 6.92 Å². The van der Waals surface area contributed by atoms with Gasteiger partial charge in [-0.15, -0.1) is 0 Å². The van der Waals surface area contributed by atoms with Crippen LogP contribution in [0.15, 0.2) is 30.3 Å². The molecule has 21 heavy (non-hydrogen) atoms. The fraction of sp³-hybridized carbons (Fsp3) is 0.412. The number of carbonyl (C=O) groups excluding carboxylic acids is 1. The van der Waals surface area contributed by atoms with Crippen LogP contribution >= 0.6 is 0 Å². The van der Waals surface area contributed by atoms with E-state index in [2.05, 4.69) is 4.98 Å². The second-order valence-corrected chi connectivity index (χ2v) is 6.28. The topological polar surface area (TPSA) is 65.2 Å². The van der Waals surface area contributed by atoms with Crippen molar-refractivity contribution in [2.75, 3.05) is 0 Å². The van der Waals surface area contributed by atoms with Gasteiger partial charge in [0, 0.05) is 11.1 Å². The number of carbonyl (C=O) groups is 1. The maximum absolute atomic E-state index is 12.0. The summed E-state index contributed by atoms with van der Waals surface area (Å²) in [6.07, 6.45) is 0.443. The first kappa shape index (κ1) is 15.4. The van der Waals surface area contributed by atoms with Gasteiger partial charge in [-0.25, -0.2) is 0 Å². The summed E-state index contributed by atoms with van der Waals surface area (Å²) in [7, 11) is 0. The fourth-order valence-corrected chi connectivity index (χ4v) is 2.26. The minimum absolute atomic E-state index is 0.374. The highest BCUT2D eigenvalue weighted by Gasteiger charge is 2.23. The summed E-state index contributed by atoms with van der Waals surface area (Å²) >= 11 is 0. The zero-order valence-corrected chi connectivity index (χ0v) is 13.0. The third-order valence-electron chi connectivity index (χ3n) is 3.08. The smallest absolute Gasteiger partial charge is 0.323 e. The average Bonchev–Trinajstić information content (AvgIpc) is 2.36. The molecule has 0 amide bonds. The standard InChI is InChI=1S/C17H22N2O2/c1-11-9-12(13-7-5-6-8-15(13)19-11)10-14(18)16(20)21-17(2,3)4/h5-9,14H,10,18H2,1-4H3. The number of hydrogen-bond donors (Lipinski definition) is 1. The molecule has 0 bridgehead atoms. The van der Waals surface area contributed by atoms with Crippen LogP contribution in [-0.2, 0) is 16.0 Å². The van der Waals surface area contributed by atoms with Gasteiger partial charge in [0.05, 0.1) is 5.52 Å². The Morgan fingerprint density at radius 1 is 1.33 bits per heavy atom. The fourth-order valence-electron chi connectivity index (χ4n) is 2.26. The van der Waals surface area contributed by atoms with Crippen molar-refractivity contribution in [3.63, 3.8) is 0 Å². The molecule has 0 aliphatic heterocycles. The van der Waals surface area contributed by atoms with Crippen molar-refractivity contribution < 1.29 is 9.53 Å². The monoisotopic (exact) mass is 286 g/mol. The number of hydrogen-bond acceptors (Lipinski definition) is 4. The maximum Gasteiger partial charge on any atom is 0.323 e. The number of fused-ring (bicyclic) bond motifs is 1. The predicted octanol–water partition coefficient (Wildman–Crippen LogP) is 2.75. The van der Waals surface area contributed by atoms with E-state index in [9.17, 15) is 4.79 Å². The van der Waals surface area contributed by atoms with Crippen LogP contribution < -0.4 is 5.73 Å². The van der Waals surface area contributed by atoms with Crippen LogP contribution in [0.3, 0.4) is 0 Å². The van der Waals surface area contributed by atoms with Crippen molar-refractivity contribution in [3.8, 4) is 0 Å². The lowest BCUT2D eigenvalue weighted by molar-refractivity contribution is -0.156. The molecule has 1 unspecified atom stereocenters. The number of rotatable bonds is 3. The van der Waals surface area contributed by atoms with Crippen LogP contribution in [0.25, 0.3) is 10.9 Å². The van der Waals surface area contributed by atoms with E-state index in [1.807, 2.05) is 58.0 Å². The molecule has 2 rings (SSSR count). The summed E-state index contributed by atoms with van der Waals surface area (Å²) in [6, 6.07) is 9.18. The number of esters is 1. The summed E-state index contributed by atoms with van der Waals surface area (Å²) in [5.74, 6) is -0.374. The van der Waals surface area contributed by atoms with Crippen molar-refractivity contribution >= 4 is 16.9 Å². The van der Waals surface area contributed by atoms with Crippen LogP contribution in [0.1, 0.15) is 32.0 Å². The van der Waals surface area contributed by atoms with Crippen molar-refractivity contribution in [1.29, 1.82) is 0 Å². The zero-order chi connectivity index (χ0) is 15.6. The third kappa shape index (κ3) is 4.02. The summed E-state index contributed by atoms with van der Waals surface area (Å²) in [4.78, 5) is 16.5. The van der Waals surface area contributed by atoms with Crippen molar-refractivity contribution in [2.45, 2.75) is 45.8 Å². The number of benzene rings is 1. The third-order valence-corrected chi connectivity index (χ3v) is 3.08. The first-order chi connectivity index (χ1) is 9.76. The highest BCUT2D eigenvalue weighted by molar-refractivity contribution is 5.84. The Morgan fingerprint density at radius 2 is 2.00 bits per heavy atom. The normalized spacial score (nSPS) is 13.2. The van der Waals surface area contributed by atoms with E-state index in [-0.39, 0.29) is 5.97 Å². The quantitative estimate of drug-likeness (QED) is 0.881. The Bertz CT molecular complexity index is 659. The van der Waals surface area contributed by atoms with Crippen molar-refractivity contribution in [2.24, 2.45) is 5.73 Å². The molecule has 0 saturated carbocycles. The molecule has 2 aromatic rings. The van der Waals surface area contributed by atoms with Crippen LogP contribution in [0.2, 0.25) is 0 Å². The lowest BCUT2D eigenvalue weighted by atomic mass is 10.0. The van der Waals surface area contributed by atoms with Crippen molar-refractivity contribution in [1.82, 2.24) is 4.98 Å². The van der Waals surface area contributed by atoms with Gasteiger partial charge in [-0.2, -0.15) is 0 Å². The van der Waals surface area contributed by atoms with Crippen LogP contribution in [0.5, 0.6) is 0 Å². The molecule has 0 spiro atoms. The van der Waals surface area contributed by atoms with Gasteiger partial charge in [0.1, 0.15) is 11.6 Å². The molecule has 1 aromatic carbocycles. The number of nitrogens with two attached hydrogens (primary N) is 1. The molecule has 0 fully saturated rings. The molecule has 1 heterocycles. The molecule has 0 radical (unpaired) electrons. The van der Waals surface area contributed by atoms with Gasteiger partial charge in [0.15, 0.2) is 0 Å². The van der Waals surface area contributed by atoms with E-state index >= 15 is 0 Å². The average molecular weight is 286 g/mol. The SMILES string of the molecule is Cc1cc(CC(N)C(=O)OC(C)(C)C)c2ccccc2n1. The van der Waals surface area contributed by atoms with E-state index in [1.165, 1.54) is 0 Å². The summed E-state index contributed by atoms with van der Waals surface area (Å²) < 4.78 is 5.33. The molecule has 0 aliphatic carbocycles.